The van der Waals surface area contributed by atoms with Crippen LogP contribution in [0.4, 0.5) is 0 Å². The molecule has 94 valence electrons. The third kappa shape index (κ3) is 4.37. The highest BCUT2D eigenvalue weighted by molar-refractivity contribution is 5.85. The van der Waals surface area contributed by atoms with Crippen LogP contribution in [0, 0.1) is 5.92 Å². The molecule has 0 aromatic carbocycles. The first kappa shape index (κ1) is 15.2. The topological polar surface area (TPSA) is 81.4 Å². The summed E-state index contributed by atoms with van der Waals surface area (Å²) in [6.45, 7) is 2.00. The molecule has 1 aliphatic rings. The van der Waals surface area contributed by atoms with Gasteiger partial charge < -0.3 is 15.8 Å². The molecule has 1 aliphatic carbocycles. The zero-order valence-corrected chi connectivity index (χ0v) is 10.2. The molecular formula is C10H19ClN2O3. The lowest BCUT2D eigenvalue weighted by atomic mass is 10.0. The number of hydrogen-bond acceptors (Lipinski definition) is 4. The largest absolute Gasteiger partial charge is 0.465 e. The molecule has 1 saturated carbocycles. The lowest BCUT2D eigenvalue weighted by molar-refractivity contribution is -0.143. The molecule has 5 nitrogen and oxygen atoms in total. The molecule has 2 unspecified atom stereocenters. The number of halogens is 1. The second-order valence-electron chi connectivity index (χ2n) is 3.72. The van der Waals surface area contributed by atoms with Crippen LogP contribution in [0.15, 0.2) is 0 Å². The Morgan fingerprint density at radius 3 is 2.62 bits per heavy atom. The average molecular weight is 251 g/mol. The van der Waals surface area contributed by atoms with Crippen LogP contribution in [-0.2, 0) is 14.3 Å². The van der Waals surface area contributed by atoms with E-state index in [1.807, 2.05) is 0 Å². The summed E-state index contributed by atoms with van der Waals surface area (Å²) >= 11 is 0. The monoisotopic (exact) mass is 250 g/mol. The van der Waals surface area contributed by atoms with Crippen LogP contribution < -0.4 is 11.1 Å². The van der Waals surface area contributed by atoms with Crippen molar-refractivity contribution >= 4 is 24.3 Å². The summed E-state index contributed by atoms with van der Waals surface area (Å²) in [5.74, 6) is -0.676. The third-order valence-electron chi connectivity index (χ3n) is 2.62. The van der Waals surface area contributed by atoms with Gasteiger partial charge in [0.15, 0.2) is 0 Å². The molecule has 0 aromatic rings. The van der Waals surface area contributed by atoms with E-state index in [-0.39, 0.29) is 36.8 Å². The Balaban J connectivity index is 0.00000225. The average Bonchev–Trinajstić information content (AvgIpc) is 2.61. The van der Waals surface area contributed by atoms with Gasteiger partial charge in [0.1, 0.15) is 6.54 Å². The fraction of sp³-hybridized carbons (Fsp3) is 0.800. The van der Waals surface area contributed by atoms with Gasteiger partial charge in [0, 0.05) is 6.04 Å². The van der Waals surface area contributed by atoms with Gasteiger partial charge in [-0.2, -0.15) is 0 Å². The Morgan fingerprint density at radius 1 is 1.44 bits per heavy atom. The van der Waals surface area contributed by atoms with Crippen molar-refractivity contribution in [1.29, 1.82) is 0 Å². The number of carbonyl (C=O) groups is 2. The number of esters is 1. The summed E-state index contributed by atoms with van der Waals surface area (Å²) in [6, 6.07) is -0.0628. The van der Waals surface area contributed by atoms with Crippen LogP contribution in [0.5, 0.6) is 0 Å². The quantitative estimate of drug-likeness (QED) is 0.699. The van der Waals surface area contributed by atoms with Gasteiger partial charge in [-0.1, -0.05) is 6.42 Å². The summed E-state index contributed by atoms with van der Waals surface area (Å²) < 4.78 is 4.70. The molecular weight excluding hydrogens is 232 g/mol. The molecule has 0 aliphatic heterocycles. The molecule has 1 amide bonds. The molecule has 0 saturated heterocycles. The molecule has 0 radical (unpaired) electrons. The molecule has 1 fully saturated rings. The number of ether oxygens (including phenoxy) is 1. The van der Waals surface area contributed by atoms with Gasteiger partial charge in [-0.3, -0.25) is 9.59 Å². The van der Waals surface area contributed by atoms with E-state index in [0.717, 1.165) is 19.3 Å². The van der Waals surface area contributed by atoms with Crippen molar-refractivity contribution < 1.29 is 14.3 Å². The van der Waals surface area contributed by atoms with E-state index in [9.17, 15) is 9.59 Å². The maximum atomic E-state index is 11.6. The van der Waals surface area contributed by atoms with E-state index >= 15 is 0 Å². The van der Waals surface area contributed by atoms with Gasteiger partial charge in [0.2, 0.25) is 5.91 Å². The van der Waals surface area contributed by atoms with E-state index in [1.165, 1.54) is 0 Å². The number of hydrogen-bond donors (Lipinski definition) is 2. The van der Waals surface area contributed by atoms with Crippen LogP contribution in [-0.4, -0.2) is 31.1 Å². The standard InChI is InChI=1S/C10H18N2O3.ClH/c1-2-15-9(13)6-12-10(14)7-4-3-5-8(7)11;/h7-8H,2-6,11H2,1H3,(H,12,14);1H. The van der Waals surface area contributed by atoms with Gasteiger partial charge in [-0.15, -0.1) is 12.4 Å². The Kier molecular flexibility index (Phi) is 7.08. The van der Waals surface area contributed by atoms with Crippen LogP contribution >= 0.6 is 12.4 Å². The van der Waals surface area contributed by atoms with Gasteiger partial charge in [0.05, 0.1) is 12.5 Å². The van der Waals surface area contributed by atoms with E-state index in [1.54, 1.807) is 6.92 Å². The highest BCUT2D eigenvalue weighted by Gasteiger charge is 2.30. The Labute approximate surface area is 101 Å². The first-order chi connectivity index (χ1) is 7.15. The zero-order valence-electron chi connectivity index (χ0n) is 9.40. The fourth-order valence-electron chi connectivity index (χ4n) is 1.82. The van der Waals surface area contributed by atoms with Gasteiger partial charge in [0.25, 0.3) is 0 Å². The second kappa shape index (κ2) is 7.46. The van der Waals surface area contributed by atoms with Crippen molar-refractivity contribution in [2.75, 3.05) is 13.2 Å². The van der Waals surface area contributed by atoms with Crippen molar-refractivity contribution in [2.24, 2.45) is 11.7 Å². The molecule has 16 heavy (non-hydrogen) atoms. The zero-order chi connectivity index (χ0) is 11.3. The first-order valence-corrected chi connectivity index (χ1v) is 5.34. The lowest BCUT2D eigenvalue weighted by Crippen LogP contribution is -2.40. The van der Waals surface area contributed by atoms with E-state index in [2.05, 4.69) is 5.32 Å². The number of carbonyl (C=O) groups excluding carboxylic acids is 2. The van der Waals surface area contributed by atoms with Crippen molar-refractivity contribution in [1.82, 2.24) is 5.32 Å². The normalized spacial score (nSPS) is 23.4. The molecule has 2 atom stereocenters. The van der Waals surface area contributed by atoms with Gasteiger partial charge >= 0.3 is 5.97 Å². The Hall–Kier alpha value is -0.810. The van der Waals surface area contributed by atoms with Crippen molar-refractivity contribution in [2.45, 2.75) is 32.2 Å². The Bertz CT molecular complexity index is 248. The fourth-order valence-corrected chi connectivity index (χ4v) is 1.82. The summed E-state index contributed by atoms with van der Waals surface area (Å²) in [5, 5.41) is 2.55. The van der Waals surface area contributed by atoms with Gasteiger partial charge in [-0.05, 0) is 19.8 Å². The minimum atomic E-state index is -0.405. The second-order valence-corrected chi connectivity index (χ2v) is 3.72. The summed E-state index contributed by atoms with van der Waals surface area (Å²) in [6.07, 6.45) is 2.69. The SMILES string of the molecule is CCOC(=O)CNC(=O)C1CCCC1N.Cl. The van der Waals surface area contributed by atoms with E-state index in [4.69, 9.17) is 10.5 Å². The highest BCUT2D eigenvalue weighted by atomic mass is 35.5. The van der Waals surface area contributed by atoms with Crippen LogP contribution in [0.25, 0.3) is 0 Å². The smallest absolute Gasteiger partial charge is 0.325 e. The third-order valence-corrected chi connectivity index (χ3v) is 2.62. The molecule has 6 heteroatoms. The number of rotatable bonds is 4. The molecule has 0 spiro atoms. The minimum Gasteiger partial charge on any atom is -0.465 e. The summed E-state index contributed by atoms with van der Waals surface area (Å²) in [7, 11) is 0. The maximum absolute atomic E-state index is 11.6. The minimum absolute atomic E-state index is 0. The maximum Gasteiger partial charge on any atom is 0.325 e. The predicted molar refractivity (Wildman–Crippen MR) is 62.2 cm³/mol. The van der Waals surface area contributed by atoms with Crippen molar-refractivity contribution in [3.05, 3.63) is 0 Å². The van der Waals surface area contributed by atoms with Crippen LogP contribution in [0.3, 0.4) is 0 Å². The lowest BCUT2D eigenvalue weighted by Gasteiger charge is -2.14. The van der Waals surface area contributed by atoms with Crippen LogP contribution in [0.1, 0.15) is 26.2 Å². The number of amides is 1. The number of nitrogens with one attached hydrogen (secondary N) is 1. The predicted octanol–water partition coefficient (Wildman–Crippen LogP) is 0.215. The molecule has 3 N–H and O–H groups in total. The van der Waals surface area contributed by atoms with E-state index in [0.29, 0.717) is 6.61 Å². The van der Waals surface area contributed by atoms with Crippen molar-refractivity contribution in [3.8, 4) is 0 Å². The molecule has 0 bridgehead atoms. The Morgan fingerprint density at radius 2 is 2.12 bits per heavy atom. The summed E-state index contributed by atoms with van der Waals surface area (Å²) in [4.78, 5) is 22.5. The molecule has 0 heterocycles. The van der Waals surface area contributed by atoms with Crippen molar-refractivity contribution in [3.63, 3.8) is 0 Å². The number of nitrogens with two attached hydrogens (primary N) is 1. The molecule has 1 rings (SSSR count). The summed E-state index contributed by atoms with van der Waals surface area (Å²) in [5.41, 5.74) is 5.77. The highest BCUT2D eigenvalue weighted by Crippen LogP contribution is 2.23. The van der Waals surface area contributed by atoms with Crippen LogP contribution in [0.2, 0.25) is 0 Å². The molecule has 0 aromatic heterocycles. The first-order valence-electron chi connectivity index (χ1n) is 5.34. The van der Waals surface area contributed by atoms with Gasteiger partial charge in [-0.25, -0.2) is 0 Å². The van der Waals surface area contributed by atoms with E-state index < -0.39 is 5.97 Å².